The molecule has 2 rings (SSSR count). The zero-order valence-electron chi connectivity index (χ0n) is 6.59. The van der Waals surface area contributed by atoms with Crippen LogP contribution in [0, 0.1) is 6.54 Å². The van der Waals surface area contributed by atoms with Crippen molar-refractivity contribution in [3.63, 3.8) is 0 Å². The van der Waals surface area contributed by atoms with Crippen LogP contribution >= 0.6 is 11.8 Å². The zero-order chi connectivity index (χ0) is 7.90. The van der Waals surface area contributed by atoms with E-state index in [0.717, 1.165) is 18.6 Å². The molecule has 1 atom stereocenters. The Morgan fingerprint density at radius 2 is 2.55 bits per heavy atom. The van der Waals surface area contributed by atoms with E-state index in [1.165, 1.54) is 0 Å². The molecule has 2 nitrogen and oxygen atoms in total. The van der Waals surface area contributed by atoms with Crippen molar-refractivity contribution in [1.29, 1.82) is 0 Å². The molecule has 2 aliphatic rings. The molecule has 0 aromatic rings. The summed E-state index contributed by atoms with van der Waals surface area (Å²) in [6.45, 7) is 5.23. The van der Waals surface area contributed by atoms with Crippen molar-refractivity contribution < 1.29 is 4.79 Å². The standard InChI is InChI=1S/C8H11NOS/c1-8-4-2-3-7(10)9(8)5-6-11-8/h2-4,6H2,1H3. The highest BCUT2D eigenvalue weighted by atomic mass is 32.2. The van der Waals surface area contributed by atoms with Gasteiger partial charge in [-0.2, -0.15) is 0 Å². The van der Waals surface area contributed by atoms with Crippen molar-refractivity contribution in [3.05, 3.63) is 6.54 Å². The minimum absolute atomic E-state index is 0.0509. The van der Waals surface area contributed by atoms with Crippen molar-refractivity contribution in [3.8, 4) is 0 Å². The SMILES string of the molecule is CC12CCCC(=O)N1[C]CS2. The predicted molar refractivity (Wildman–Crippen MR) is 44.8 cm³/mol. The van der Waals surface area contributed by atoms with Crippen LogP contribution in [0.5, 0.6) is 0 Å². The van der Waals surface area contributed by atoms with Crippen LogP contribution in [-0.2, 0) is 4.79 Å². The fourth-order valence-corrected chi connectivity index (χ4v) is 2.79. The first-order valence-corrected chi connectivity index (χ1v) is 4.91. The fourth-order valence-electron chi connectivity index (χ4n) is 1.70. The van der Waals surface area contributed by atoms with Crippen LogP contribution in [0.4, 0.5) is 0 Å². The Bertz CT molecular complexity index is 195. The maximum absolute atomic E-state index is 11.3. The summed E-state index contributed by atoms with van der Waals surface area (Å²) in [5.41, 5.74) is 0. The Balaban J connectivity index is 2.22. The Kier molecular flexibility index (Phi) is 1.63. The van der Waals surface area contributed by atoms with Crippen molar-refractivity contribution in [2.24, 2.45) is 0 Å². The summed E-state index contributed by atoms with van der Waals surface area (Å²) in [6, 6.07) is 0. The predicted octanol–water partition coefficient (Wildman–Crippen LogP) is 1.50. The van der Waals surface area contributed by atoms with Gasteiger partial charge in [0.1, 0.15) is 6.54 Å². The summed E-state index contributed by atoms with van der Waals surface area (Å²) in [7, 11) is 0. The first-order chi connectivity index (χ1) is 5.22. The van der Waals surface area contributed by atoms with Gasteiger partial charge in [-0.25, -0.2) is 0 Å². The van der Waals surface area contributed by atoms with Gasteiger partial charge in [0.2, 0.25) is 5.91 Å². The van der Waals surface area contributed by atoms with Gasteiger partial charge in [0.25, 0.3) is 0 Å². The van der Waals surface area contributed by atoms with Crippen molar-refractivity contribution in [2.75, 3.05) is 5.75 Å². The second-order valence-corrected chi connectivity index (χ2v) is 4.66. The molecule has 0 saturated carbocycles. The first kappa shape index (κ1) is 7.47. The van der Waals surface area contributed by atoms with E-state index in [0.29, 0.717) is 6.42 Å². The summed E-state index contributed by atoms with van der Waals surface area (Å²) in [4.78, 5) is 13.2. The number of hydrogen-bond acceptors (Lipinski definition) is 2. The number of fused-ring (bicyclic) bond motifs is 1. The minimum atomic E-state index is 0.0509. The average Bonchev–Trinajstić information content (AvgIpc) is 2.31. The maximum Gasteiger partial charge on any atom is 0.224 e. The monoisotopic (exact) mass is 169 g/mol. The van der Waals surface area contributed by atoms with E-state index < -0.39 is 0 Å². The highest BCUT2D eigenvalue weighted by Gasteiger charge is 2.43. The molecule has 2 radical (unpaired) electrons. The van der Waals surface area contributed by atoms with Gasteiger partial charge in [0, 0.05) is 12.2 Å². The number of rotatable bonds is 0. The Labute approximate surface area is 71.3 Å². The van der Waals surface area contributed by atoms with Gasteiger partial charge in [-0.1, -0.05) is 0 Å². The fraction of sp³-hybridized carbons (Fsp3) is 0.750. The van der Waals surface area contributed by atoms with Gasteiger partial charge in [-0.3, -0.25) is 4.79 Å². The van der Waals surface area contributed by atoms with Crippen LogP contribution in [0.1, 0.15) is 26.2 Å². The Hall–Kier alpha value is -0.180. The third-order valence-corrected chi connectivity index (χ3v) is 3.64. The molecule has 1 unspecified atom stereocenters. The third kappa shape index (κ3) is 1.06. The molecule has 1 amide bonds. The van der Waals surface area contributed by atoms with E-state index in [1.807, 2.05) is 11.8 Å². The lowest BCUT2D eigenvalue weighted by molar-refractivity contribution is -0.134. The number of thioether (sulfide) groups is 1. The van der Waals surface area contributed by atoms with E-state index in [2.05, 4.69) is 13.5 Å². The molecule has 0 N–H and O–H groups in total. The normalized spacial score (nSPS) is 37.5. The topological polar surface area (TPSA) is 20.3 Å². The van der Waals surface area contributed by atoms with Crippen molar-refractivity contribution in [1.82, 2.24) is 4.90 Å². The van der Waals surface area contributed by atoms with E-state index in [1.54, 1.807) is 4.90 Å². The molecule has 11 heavy (non-hydrogen) atoms. The third-order valence-electron chi connectivity index (χ3n) is 2.36. The first-order valence-electron chi connectivity index (χ1n) is 3.93. The molecule has 0 aromatic carbocycles. The molecule has 0 aliphatic carbocycles. The quantitative estimate of drug-likeness (QED) is 0.547. The molecule has 3 heteroatoms. The number of piperidine rings is 1. The van der Waals surface area contributed by atoms with Gasteiger partial charge in [-0.15, -0.1) is 11.8 Å². The summed E-state index contributed by atoms with van der Waals surface area (Å²) in [5.74, 6) is 1.13. The van der Waals surface area contributed by atoms with Gasteiger partial charge >= 0.3 is 0 Å². The highest BCUT2D eigenvalue weighted by Crippen LogP contribution is 2.44. The molecule has 60 valence electrons. The summed E-state index contributed by atoms with van der Waals surface area (Å²) in [6.07, 6.45) is 2.88. The van der Waals surface area contributed by atoms with Crippen molar-refractivity contribution >= 4 is 17.7 Å². The second-order valence-electron chi connectivity index (χ2n) is 3.20. The molecular formula is C8H11NOS. The number of carbonyl (C=O) groups is 1. The zero-order valence-corrected chi connectivity index (χ0v) is 7.41. The van der Waals surface area contributed by atoms with Crippen LogP contribution in [-0.4, -0.2) is 21.4 Å². The average molecular weight is 169 g/mol. The van der Waals surface area contributed by atoms with E-state index >= 15 is 0 Å². The number of nitrogens with zero attached hydrogens (tertiary/aromatic N) is 1. The molecule has 2 saturated heterocycles. The number of amides is 1. The molecule has 2 heterocycles. The summed E-state index contributed by atoms with van der Waals surface area (Å²) >= 11 is 1.83. The molecule has 0 spiro atoms. The lowest BCUT2D eigenvalue weighted by atomic mass is 10.0. The van der Waals surface area contributed by atoms with Gasteiger partial charge in [0.15, 0.2) is 0 Å². The van der Waals surface area contributed by atoms with Crippen LogP contribution in [0.15, 0.2) is 0 Å². The summed E-state index contributed by atoms with van der Waals surface area (Å²) in [5, 5.41) is 0. The number of carbonyl (C=O) groups excluding carboxylic acids is 1. The van der Waals surface area contributed by atoms with Crippen LogP contribution in [0.25, 0.3) is 0 Å². The Morgan fingerprint density at radius 1 is 1.73 bits per heavy atom. The molecule has 2 aliphatic heterocycles. The highest BCUT2D eigenvalue weighted by molar-refractivity contribution is 8.01. The summed E-state index contributed by atoms with van der Waals surface area (Å²) < 4.78 is 0. The van der Waals surface area contributed by atoms with E-state index in [-0.39, 0.29) is 10.8 Å². The maximum atomic E-state index is 11.3. The van der Waals surface area contributed by atoms with Crippen LogP contribution < -0.4 is 0 Å². The molecule has 2 fully saturated rings. The largest absolute Gasteiger partial charge is 0.317 e. The van der Waals surface area contributed by atoms with Gasteiger partial charge in [0.05, 0.1) is 4.87 Å². The van der Waals surface area contributed by atoms with E-state index in [4.69, 9.17) is 0 Å². The van der Waals surface area contributed by atoms with Crippen molar-refractivity contribution in [2.45, 2.75) is 31.1 Å². The van der Waals surface area contributed by atoms with Crippen LogP contribution in [0.2, 0.25) is 0 Å². The van der Waals surface area contributed by atoms with Gasteiger partial charge < -0.3 is 4.90 Å². The van der Waals surface area contributed by atoms with Gasteiger partial charge in [-0.05, 0) is 19.8 Å². The lowest BCUT2D eigenvalue weighted by Crippen LogP contribution is -2.44. The molecule has 0 bridgehead atoms. The molecule has 0 aromatic heterocycles. The Morgan fingerprint density at radius 3 is 3.27 bits per heavy atom. The number of hydrogen-bond donors (Lipinski definition) is 0. The lowest BCUT2D eigenvalue weighted by Gasteiger charge is -2.37. The van der Waals surface area contributed by atoms with Crippen LogP contribution in [0.3, 0.4) is 0 Å². The van der Waals surface area contributed by atoms with E-state index in [9.17, 15) is 4.79 Å². The minimum Gasteiger partial charge on any atom is -0.317 e. The second kappa shape index (κ2) is 2.41. The smallest absolute Gasteiger partial charge is 0.224 e. The molecular weight excluding hydrogens is 158 g/mol.